The van der Waals surface area contributed by atoms with Crippen LogP contribution in [-0.2, 0) is 4.79 Å². The molecule has 1 aromatic heterocycles. The van der Waals surface area contributed by atoms with Crippen LogP contribution in [0.15, 0.2) is 63.7 Å². The van der Waals surface area contributed by atoms with Crippen molar-refractivity contribution in [1.29, 1.82) is 0 Å². The topological polar surface area (TPSA) is 62.6 Å². The molecule has 2 aromatic carbocycles. The lowest BCUT2D eigenvalue weighted by molar-refractivity contribution is -0.116. The van der Waals surface area contributed by atoms with Gasteiger partial charge in [-0.05, 0) is 51.0 Å². The number of carbonyl (C=O) groups excluding carboxylic acids is 2. The summed E-state index contributed by atoms with van der Waals surface area (Å²) in [5, 5.41) is 4.95. The molecule has 0 saturated carbocycles. The smallest absolute Gasteiger partial charge is 0.289 e. The summed E-state index contributed by atoms with van der Waals surface area (Å²) in [6.07, 6.45) is 0. The minimum Gasteiger partial charge on any atom is -0.444 e. The van der Waals surface area contributed by atoms with Crippen molar-refractivity contribution in [2.24, 2.45) is 0 Å². The van der Waals surface area contributed by atoms with Crippen molar-refractivity contribution in [2.45, 2.75) is 0 Å². The number of fused-ring (bicyclic) bond motifs is 1. The van der Waals surface area contributed by atoms with E-state index in [1.165, 1.54) is 4.90 Å². The van der Waals surface area contributed by atoms with E-state index in [0.717, 1.165) is 10.8 Å². The molecule has 1 heterocycles. The zero-order chi connectivity index (χ0) is 17.1. The van der Waals surface area contributed by atoms with Gasteiger partial charge in [-0.3, -0.25) is 9.59 Å². The zero-order valence-corrected chi connectivity index (χ0v) is 14.5. The molecular weight excluding hydrogens is 372 g/mol. The first-order chi connectivity index (χ1) is 11.5. The Labute approximate surface area is 147 Å². The third-order valence-electron chi connectivity index (χ3n) is 3.54. The van der Waals surface area contributed by atoms with Crippen molar-refractivity contribution >= 4 is 44.2 Å². The summed E-state index contributed by atoms with van der Waals surface area (Å²) in [7, 11) is 1.55. The van der Waals surface area contributed by atoms with E-state index in [1.807, 2.05) is 42.5 Å². The first kappa shape index (κ1) is 16.3. The number of hydrogen-bond acceptors (Lipinski definition) is 3. The second-order valence-corrected chi connectivity index (χ2v) is 6.16. The number of likely N-dealkylation sites (N-methyl/N-ethyl adjacent to an activating group) is 1. The number of benzene rings is 2. The summed E-state index contributed by atoms with van der Waals surface area (Å²) in [6, 6.07) is 16.8. The van der Waals surface area contributed by atoms with Crippen LogP contribution in [0.5, 0.6) is 0 Å². The van der Waals surface area contributed by atoms with E-state index in [4.69, 9.17) is 4.42 Å². The van der Waals surface area contributed by atoms with E-state index in [9.17, 15) is 9.59 Å². The quantitative estimate of drug-likeness (QED) is 0.739. The van der Waals surface area contributed by atoms with Gasteiger partial charge in [0.15, 0.2) is 10.4 Å². The Balaban J connectivity index is 1.64. The number of carbonyl (C=O) groups is 2. The lowest BCUT2D eigenvalue weighted by atomic mass is 10.1. The molecule has 3 rings (SSSR count). The molecule has 0 fully saturated rings. The highest BCUT2D eigenvalue weighted by Crippen LogP contribution is 2.19. The minimum atomic E-state index is -0.352. The highest BCUT2D eigenvalue weighted by Gasteiger charge is 2.18. The van der Waals surface area contributed by atoms with Crippen LogP contribution >= 0.6 is 15.9 Å². The molecular formula is C18H15BrN2O3. The van der Waals surface area contributed by atoms with Crippen molar-refractivity contribution < 1.29 is 14.0 Å². The van der Waals surface area contributed by atoms with Crippen LogP contribution in [0.1, 0.15) is 10.6 Å². The van der Waals surface area contributed by atoms with Crippen LogP contribution in [0.25, 0.3) is 10.8 Å². The third kappa shape index (κ3) is 3.65. The lowest BCUT2D eigenvalue weighted by Gasteiger charge is -2.15. The number of anilines is 1. The average molecular weight is 387 g/mol. The second kappa shape index (κ2) is 6.88. The van der Waals surface area contributed by atoms with Crippen molar-refractivity contribution in [3.05, 3.63) is 65.0 Å². The van der Waals surface area contributed by atoms with Gasteiger partial charge in [-0.15, -0.1) is 0 Å². The third-order valence-corrected chi connectivity index (χ3v) is 3.97. The van der Waals surface area contributed by atoms with Gasteiger partial charge in [-0.1, -0.05) is 30.3 Å². The number of rotatable bonds is 4. The van der Waals surface area contributed by atoms with Crippen LogP contribution in [0.2, 0.25) is 0 Å². The van der Waals surface area contributed by atoms with Crippen LogP contribution in [-0.4, -0.2) is 30.3 Å². The largest absolute Gasteiger partial charge is 0.444 e. The summed E-state index contributed by atoms with van der Waals surface area (Å²) < 4.78 is 5.68. The highest BCUT2D eigenvalue weighted by molar-refractivity contribution is 9.10. The van der Waals surface area contributed by atoms with E-state index in [0.29, 0.717) is 10.4 Å². The number of nitrogens with one attached hydrogen (secondary N) is 1. The van der Waals surface area contributed by atoms with E-state index in [2.05, 4.69) is 21.2 Å². The van der Waals surface area contributed by atoms with Gasteiger partial charge in [-0.2, -0.15) is 0 Å². The SMILES string of the molecule is CN(CC(=O)Nc1ccc2ccccc2c1)C(=O)c1ccc(Br)o1. The molecule has 1 N–H and O–H groups in total. The van der Waals surface area contributed by atoms with Gasteiger partial charge in [0.25, 0.3) is 5.91 Å². The van der Waals surface area contributed by atoms with Gasteiger partial charge in [0, 0.05) is 12.7 Å². The maximum Gasteiger partial charge on any atom is 0.289 e. The summed E-state index contributed by atoms with van der Waals surface area (Å²) in [5.74, 6) is -0.441. The molecule has 24 heavy (non-hydrogen) atoms. The number of furan rings is 1. The van der Waals surface area contributed by atoms with Crippen molar-refractivity contribution in [1.82, 2.24) is 4.90 Å². The molecule has 0 bridgehead atoms. The molecule has 0 atom stereocenters. The molecule has 5 nitrogen and oxygen atoms in total. The Hall–Kier alpha value is -2.60. The number of nitrogens with zero attached hydrogens (tertiary/aromatic N) is 1. The van der Waals surface area contributed by atoms with Gasteiger partial charge in [0.05, 0.1) is 6.54 Å². The van der Waals surface area contributed by atoms with Crippen LogP contribution < -0.4 is 5.32 Å². The molecule has 0 radical (unpaired) electrons. The lowest BCUT2D eigenvalue weighted by Crippen LogP contribution is -2.34. The van der Waals surface area contributed by atoms with E-state index in [-0.39, 0.29) is 24.1 Å². The molecule has 0 aliphatic rings. The monoisotopic (exact) mass is 386 g/mol. The van der Waals surface area contributed by atoms with Gasteiger partial charge in [-0.25, -0.2) is 0 Å². The van der Waals surface area contributed by atoms with E-state index in [1.54, 1.807) is 19.2 Å². The van der Waals surface area contributed by atoms with E-state index >= 15 is 0 Å². The number of halogens is 1. The molecule has 3 aromatic rings. The van der Waals surface area contributed by atoms with Crippen LogP contribution in [0.4, 0.5) is 5.69 Å². The Bertz CT molecular complexity index is 904. The summed E-state index contributed by atoms with van der Waals surface area (Å²) in [6.45, 7) is -0.0655. The molecule has 6 heteroatoms. The first-order valence-electron chi connectivity index (χ1n) is 7.32. The average Bonchev–Trinajstić information content (AvgIpc) is 3.00. The molecule has 0 aliphatic heterocycles. The normalized spacial score (nSPS) is 10.6. The predicted octanol–water partition coefficient (Wildman–Crippen LogP) is 3.91. The minimum absolute atomic E-state index is 0.0655. The van der Waals surface area contributed by atoms with Crippen LogP contribution in [0.3, 0.4) is 0 Å². The van der Waals surface area contributed by atoms with Gasteiger partial charge >= 0.3 is 0 Å². The Kier molecular flexibility index (Phi) is 4.66. The predicted molar refractivity (Wildman–Crippen MR) is 95.9 cm³/mol. The fraction of sp³-hybridized carbons (Fsp3) is 0.111. The maximum absolute atomic E-state index is 12.2. The standard InChI is InChI=1S/C18H15BrN2O3/c1-21(18(23)15-8-9-16(19)24-15)11-17(22)20-14-7-6-12-4-2-3-5-13(12)10-14/h2-10H,11H2,1H3,(H,20,22). The van der Waals surface area contributed by atoms with Crippen LogP contribution in [0, 0.1) is 0 Å². The summed E-state index contributed by atoms with van der Waals surface area (Å²) in [4.78, 5) is 25.6. The molecule has 0 spiro atoms. The van der Waals surface area contributed by atoms with Gasteiger partial charge < -0.3 is 14.6 Å². The fourth-order valence-electron chi connectivity index (χ4n) is 2.37. The van der Waals surface area contributed by atoms with Gasteiger partial charge in [0.1, 0.15) is 0 Å². The van der Waals surface area contributed by atoms with Crippen molar-refractivity contribution in [3.8, 4) is 0 Å². The molecule has 0 aliphatic carbocycles. The zero-order valence-electron chi connectivity index (χ0n) is 13.0. The Morgan fingerprint density at radius 1 is 1.08 bits per heavy atom. The molecule has 2 amide bonds. The molecule has 122 valence electrons. The first-order valence-corrected chi connectivity index (χ1v) is 8.12. The maximum atomic E-state index is 12.2. The van der Waals surface area contributed by atoms with Crippen molar-refractivity contribution in [2.75, 3.05) is 18.9 Å². The summed E-state index contributed by atoms with van der Waals surface area (Å²) >= 11 is 3.15. The summed E-state index contributed by atoms with van der Waals surface area (Å²) in [5.41, 5.74) is 0.695. The van der Waals surface area contributed by atoms with Gasteiger partial charge in [0.2, 0.25) is 5.91 Å². The Morgan fingerprint density at radius 2 is 1.83 bits per heavy atom. The Morgan fingerprint density at radius 3 is 2.54 bits per heavy atom. The highest BCUT2D eigenvalue weighted by atomic mass is 79.9. The molecule has 0 unspecified atom stereocenters. The number of amides is 2. The second-order valence-electron chi connectivity index (χ2n) is 5.38. The number of hydrogen-bond donors (Lipinski definition) is 1. The molecule has 0 saturated heterocycles. The van der Waals surface area contributed by atoms with E-state index < -0.39 is 0 Å². The fourth-order valence-corrected chi connectivity index (χ4v) is 2.68. The van der Waals surface area contributed by atoms with Crippen molar-refractivity contribution in [3.63, 3.8) is 0 Å².